The second kappa shape index (κ2) is 10.8. The van der Waals surface area contributed by atoms with Crippen LogP contribution < -0.4 is 9.80 Å². The molecule has 8 rings (SSSR count). The third kappa shape index (κ3) is 4.42. The first-order valence-corrected chi connectivity index (χ1v) is 15.0. The van der Waals surface area contributed by atoms with Gasteiger partial charge in [0.05, 0.1) is 51.3 Å². The summed E-state index contributed by atoms with van der Waals surface area (Å²) in [4.78, 5) is 10.1. The fourth-order valence-corrected chi connectivity index (χ4v) is 6.44. The highest BCUT2D eigenvalue weighted by Crippen LogP contribution is 2.55. The smallest absolute Gasteiger partial charge is 0.0991 e. The standard InChI is InChI=1S/C41H28N4/c1-28-20-25-39(41-40(28)33(30-12-4-2-5-13-30)26-34(43-41)31-23-21-29(27-42)22-24-31)45-37-18-10-8-16-35(37)44(32-14-6-3-7-15-32)36-17-9-11-19-38(36)45/h2-26H,1H3. The van der Waals surface area contributed by atoms with Crippen LogP contribution in [0, 0.1) is 18.3 Å². The van der Waals surface area contributed by atoms with E-state index in [1.807, 2.05) is 30.3 Å². The number of hydrogen-bond acceptors (Lipinski definition) is 4. The zero-order valence-corrected chi connectivity index (χ0v) is 24.7. The highest BCUT2D eigenvalue weighted by Gasteiger charge is 2.31. The summed E-state index contributed by atoms with van der Waals surface area (Å²) in [7, 11) is 0. The van der Waals surface area contributed by atoms with Crippen molar-refractivity contribution in [2.45, 2.75) is 6.92 Å². The first-order chi connectivity index (χ1) is 22.2. The number of aryl methyl sites for hydroxylation is 1. The summed E-state index contributed by atoms with van der Waals surface area (Å²) in [6.07, 6.45) is 0. The Kier molecular flexibility index (Phi) is 6.36. The first-order valence-electron chi connectivity index (χ1n) is 15.0. The van der Waals surface area contributed by atoms with Crippen molar-refractivity contribution < 1.29 is 0 Å². The van der Waals surface area contributed by atoms with Gasteiger partial charge in [0.25, 0.3) is 0 Å². The van der Waals surface area contributed by atoms with Crippen LogP contribution in [0.4, 0.5) is 34.1 Å². The summed E-state index contributed by atoms with van der Waals surface area (Å²) >= 11 is 0. The van der Waals surface area contributed by atoms with E-state index in [0.29, 0.717) is 5.56 Å². The summed E-state index contributed by atoms with van der Waals surface area (Å²) < 4.78 is 0. The number of fused-ring (bicyclic) bond motifs is 3. The number of rotatable bonds is 4. The summed E-state index contributed by atoms with van der Waals surface area (Å²) in [5.74, 6) is 0. The molecule has 0 fully saturated rings. The van der Waals surface area contributed by atoms with Gasteiger partial charge in [0.2, 0.25) is 0 Å². The van der Waals surface area contributed by atoms with Crippen molar-refractivity contribution in [3.63, 3.8) is 0 Å². The van der Waals surface area contributed by atoms with Crippen LogP contribution in [0.1, 0.15) is 11.1 Å². The van der Waals surface area contributed by atoms with E-state index in [9.17, 15) is 5.26 Å². The van der Waals surface area contributed by atoms with Crippen molar-refractivity contribution in [3.05, 3.63) is 163 Å². The van der Waals surface area contributed by atoms with Gasteiger partial charge in [0.15, 0.2) is 0 Å². The molecule has 0 N–H and O–H groups in total. The van der Waals surface area contributed by atoms with Gasteiger partial charge in [-0.2, -0.15) is 5.26 Å². The second-order valence-corrected chi connectivity index (χ2v) is 11.2. The van der Waals surface area contributed by atoms with Crippen molar-refractivity contribution in [2.24, 2.45) is 0 Å². The Bertz CT molecular complexity index is 2190. The number of nitriles is 1. The van der Waals surface area contributed by atoms with E-state index in [1.54, 1.807) is 0 Å². The maximum Gasteiger partial charge on any atom is 0.0991 e. The number of benzene rings is 6. The van der Waals surface area contributed by atoms with E-state index < -0.39 is 0 Å². The van der Waals surface area contributed by atoms with Crippen molar-refractivity contribution >= 4 is 45.0 Å². The van der Waals surface area contributed by atoms with Crippen LogP contribution in [-0.4, -0.2) is 4.98 Å². The molecule has 7 aromatic rings. The SMILES string of the molecule is Cc1ccc(N2c3ccccc3N(c3ccccc3)c3ccccc32)c2nc(-c3ccc(C#N)cc3)cc(-c3ccccc3)c12. The zero-order chi connectivity index (χ0) is 30.3. The van der Waals surface area contributed by atoms with Crippen LogP contribution in [0.25, 0.3) is 33.3 Å². The van der Waals surface area contributed by atoms with E-state index in [2.05, 4.69) is 144 Å². The summed E-state index contributed by atoms with van der Waals surface area (Å²) in [5, 5.41) is 10.5. The first kappa shape index (κ1) is 26.4. The Balaban J connectivity index is 1.44. The lowest BCUT2D eigenvalue weighted by molar-refractivity contribution is 1.17. The largest absolute Gasteiger partial charge is 0.306 e. The van der Waals surface area contributed by atoms with Crippen molar-refractivity contribution in [1.29, 1.82) is 5.26 Å². The Labute approximate surface area is 262 Å². The summed E-state index contributed by atoms with van der Waals surface area (Å²) in [6.45, 7) is 2.16. The van der Waals surface area contributed by atoms with Gasteiger partial charge in [-0.15, -0.1) is 0 Å². The van der Waals surface area contributed by atoms with Gasteiger partial charge >= 0.3 is 0 Å². The highest BCUT2D eigenvalue weighted by atomic mass is 15.3. The van der Waals surface area contributed by atoms with Gasteiger partial charge in [0, 0.05) is 16.6 Å². The second-order valence-electron chi connectivity index (χ2n) is 11.2. The lowest BCUT2D eigenvalue weighted by Gasteiger charge is -2.40. The van der Waals surface area contributed by atoms with E-state index in [0.717, 1.165) is 73.0 Å². The molecule has 0 radical (unpaired) electrons. The molecule has 4 nitrogen and oxygen atoms in total. The van der Waals surface area contributed by atoms with Crippen LogP contribution in [0.15, 0.2) is 152 Å². The summed E-state index contributed by atoms with van der Waals surface area (Å²) in [5.41, 5.74) is 13.3. The highest BCUT2D eigenvalue weighted by molar-refractivity contribution is 6.10. The normalized spacial score (nSPS) is 12.0. The number of hydrogen-bond donors (Lipinski definition) is 0. The fraction of sp³-hybridized carbons (Fsp3) is 0.0244. The minimum absolute atomic E-state index is 0.629. The predicted octanol–water partition coefficient (Wildman–Crippen LogP) is 11.0. The van der Waals surface area contributed by atoms with Crippen molar-refractivity contribution in [2.75, 3.05) is 9.80 Å². The molecule has 6 aromatic carbocycles. The zero-order valence-electron chi connectivity index (χ0n) is 24.7. The van der Waals surface area contributed by atoms with Crippen LogP contribution in [0.3, 0.4) is 0 Å². The monoisotopic (exact) mass is 576 g/mol. The lowest BCUT2D eigenvalue weighted by Crippen LogP contribution is -2.24. The van der Waals surface area contributed by atoms with Gasteiger partial charge in [-0.3, -0.25) is 0 Å². The number of nitrogens with zero attached hydrogens (tertiary/aromatic N) is 4. The third-order valence-electron chi connectivity index (χ3n) is 8.52. The van der Waals surface area contributed by atoms with Crippen LogP contribution in [0.5, 0.6) is 0 Å². The minimum atomic E-state index is 0.629. The van der Waals surface area contributed by atoms with E-state index in [-0.39, 0.29) is 0 Å². The molecule has 2 heterocycles. The fourth-order valence-electron chi connectivity index (χ4n) is 6.44. The Hall–Kier alpha value is -6.18. The minimum Gasteiger partial charge on any atom is -0.306 e. The Morgan fingerprint density at radius 1 is 0.533 bits per heavy atom. The maximum absolute atomic E-state index is 9.42. The summed E-state index contributed by atoms with van der Waals surface area (Å²) in [6, 6.07) is 54.7. The molecule has 0 amide bonds. The molecule has 0 bridgehead atoms. The molecular weight excluding hydrogens is 548 g/mol. The molecule has 4 heteroatoms. The maximum atomic E-state index is 9.42. The van der Waals surface area contributed by atoms with Gasteiger partial charge in [-0.1, -0.05) is 91.0 Å². The van der Waals surface area contributed by atoms with E-state index in [1.165, 1.54) is 0 Å². The Morgan fingerprint density at radius 2 is 1.09 bits per heavy atom. The van der Waals surface area contributed by atoms with E-state index >= 15 is 0 Å². The molecule has 0 saturated carbocycles. The molecule has 0 saturated heterocycles. The van der Waals surface area contributed by atoms with E-state index in [4.69, 9.17) is 4.98 Å². The van der Waals surface area contributed by atoms with Gasteiger partial charge < -0.3 is 9.80 Å². The lowest BCUT2D eigenvalue weighted by atomic mass is 9.94. The number of para-hydroxylation sites is 5. The third-order valence-corrected chi connectivity index (χ3v) is 8.52. The van der Waals surface area contributed by atoms with Crippen LogP contribution in [-0.2, 0) is 0 Å². The quantitative estimate of drug-likeness (QED) is 0.209. The molecular formula is C41H28N4. The van der Waals surface area contributed by atoms with Gasteiger partial charge in [-0.05, 0) is 84.3 Å². The van der Waals surface area contributed by atoms with Crippen molar-refractivity contribution in [3.8, 4) is 28.5 Å². The molecule has 0 unspecified atom stereocenters. The van der Waals surface area contributed by atoms with Crippen molar-refractivity contribution in [1.82, 2.24) is 4.98 Å². The molecule has 212 valence electrons. The molecule has 0 atom stereocenters. The molecule has 0 aliphatic carbocycles. The topological polar surface area (TPSA) is 43.2 Å². The van der Waals surface area contributed by atoms with Gasteiger partial charge in [-0.25, -0.2) is 4.98 Å². The van der Waals surface area contributed by atoms with Gasteiger partial charge in [0.1, 0.15) is 0 Å². The number of anilines is 6. The predicted molar refractivity (Wildman–Crippen MR) is 185 cm³/mol. The Morgan fingerprint density at radius 3 is 1.69 bits per heavy atom. The molecule has 1 aromatic heterocycles. The molecule has 0 spiro atoms. The van der Waals surface area contributed by atoms with Crippen LogP contribution >= 0.6 is 0 Å². The molecule has 45 heavy (non-hydrogen) atoms. The molecule has 1 aliphatic rings. The average Bonchev–Trinajstić information content (AvgIpc) is 3.11. The average molecular weight is 577 g/mol. The molecule has 1 aliphatic heterocycles. The number of pyridine rings is 1. The number of aromatic nitrogens is 1. The van der Waals surface area contributed by atoms with Crippen LogP contribution in [0.2, 0.25) is 0 Å².